The van der Waals surface area contributed by atoms with E-state index in [1.165, 1.54) is 6.42 Å². The van der Waals surface area contributed by atoms with Crippen LogP contribution in [-0.4, -0.2) is 38.1 Å². The summed E-state index contributed by atoms with van der Waals surface area (Å²) in [4.78, 5) is 25.7. The van der Waals surface area contributed by atoms with Crippen molar-refractivity contribution in [3.8, 4) is 5.75 Å². The van der Waals surface area contributed by atoms with Crippen molar-refractivity contribution in [1.29, 1.82) is 0 Å². The normalized spacial score (nSPS) is 22.5. The summed E-state index contributed by atoms with van der Waals surface area (Å²) in [5.41, 5.74) is 6.16. The maximum atomic E-state index is 12.6. The Labute approximate surface area is 156 Å². The predicted octanol–water partition coefficient (Wildman–Crippen LogP) is 2.32. The first-order valence-corrected chi connectivity index (χ1v) is 9.37. The van der Waals surface area contributed by atoms with Crippen LogP contribution in [0.25, 0.3) is 0 Å². The van der Waals surface area contributed by atoms with Gasteiger partial charge in [-0.1, -0.05) is 26.7 Å². The summed E-state index contributed by atoms with van der Waals surface area (Å²) >= 11 is 0. The topological polar surface area (TPSA) is 84.7 Å². The lowest BCUT2D eigenvalue weighted by atomic mass is 9.78. The van der Waals surface area contributed by atoms with Crippen LogP contribution in [0, 0.1) is 11.8 Å². The van der Waals surface area contributed by atoms with Gasteiger partial charge in [0.1, 0.15) is 5.75 Å². The van der Waals surface area contributed by atoms with Crippen molar-refractivity contribution in [3.05, 3.63) is 24.3 Å². The summed E-state index contributed by atoms with van der Waals surface area (Å²) in [5.74, 6) is 1.46. The van der Waals surface area contributed by atoms with Crippen LogP contribution in [0.5, 0.6) is 5.75 Å². The fourth-order valence-corrected chi connectivity index (χ4v) is 3.55. The summed E-state index contributed by atoms with van der Waals surface area (Å²) in [7, 11) is 1.61. The van der Waals surface area contributed by atoms with Crippen LogP contribution in [-0.2, 0) is 9.59 Å². The monoisotopic (exact) mass is 361 g/mol. The number of ether oxygens (including phenoxy) is 1. The number of amides is 2. The number of nitrogens with zero attached hydrogens (tertiary/aromatic N) is 1. The zero-order chi connectivity index (χ0) is 19.1. The predicted molar refractivity (Wildman–Crippen MR) is 103 cm³/mol. The largest absolute Gasteiger partial charge is 0.497 e. The SMILES string of the molecule is COc1ccc(N(CCC(N)=O)CC(=O)N[C@@H]2CCC[C@@H](C)[C@@H]2C)cc1. The minimum absolute atomic E-state index is 0.0174. The molecule has 1 saturated carbocycles. The number of carbonyl (C=O) groups is 2. The molecule has 0 saturated heterocycles. The quantitative estimate of drug-likeness (QED) is 0.744. The number of hydrogen-bond donors (Lipinski definition) is 2. The van der Waals surface area contributed by atoms with Crippen molar-refractivity contribution in [2.75, 3.05) is 25.1 Å². The van der Waals surface area contributed by atoms with Crippen molar-refractivity contribution in [3.63, 3.8) is 0 Å². The lowest BCUT2D eigenvalue weighted by molar-refractivity contribution is -0.121. The molecule has 1 fully saturated rings. The number of carbonyl (C=O) groups excluding carboxylic acids is 2. The summed E-state index contributed by atoms with van der Waals surface area (Å²) in [6, 6.07) is 7.68. The fourth-order valence-electron chi connectivity index (χ4n) is 3.55. The van der Waals surface area contributed by atoms with Gasteiger partial charge < -0.3 is 20.7 Å². The lowest BCUT2D eigenvalue weighted by Gasteiger charge is -2.35. The van der Waals surface area contributed by atoms with E-state index in [2.05, 4.69) is 19.2 Å². The number of anilines is 1. The highest BCUT2D eigenvalue weighted by molar-refractivity contribution is 5.82. The van der Waals surface area contributed by atoms with Crippen LogP contribution < -0.4 is 20.7 Å². The van der Waals surface area contributed by atoms with E-state index < -0.39 is 0 Å². The van der Waals surface area contributed by atoms with E-state index in [9.17, 15) is 9.59 Å². The first-order valence-electron chi connectivity index (χ1n) is 9.37. The standard InChI is InChI=1S/C20H31N3O3/c1-14-5-4-6-18(15(14)2)22-20(25)13-23(12-11-19(21)24)16-7-9-17(26-3)10-8-16/h7-10,14-15,18H,4-6,11-13H2,1-3H3,(H2,21,24)(H,22,25)/t14-,15+,18-/m1/s1. The van der Waals surface area contributed by atoms with E-state index >= 15 is 0 Å². The van der Waals surface area contributed by atoms with E-state index in [0.29, 0.717) is 18.4 Å². The van der Waals surface area contributed by atoms with Gasteiger partial charge in [-0.3, -0.25) is 9.59 Å². The van der Waals surface area contributed by atoms with Gasteiger partial charge in [0, 0.05) is 24.7 Å². The van der Waals surface area contributed by atoms with Crippen molar-refractivity contribution >= 4 is 17.5 Å². The van der Waals surface area contributed by atoms with Crippen molar-refractivity contribution in [2.24, 2.45) is 17.6 Å². The highest BCUT2D eigenvalue weighted by atomic mass is 16.5. The molecule has 0 aliphatic heterocycles. The summed E-state index contributed by atoms with van der Waals surface area (Å²) in [6.07, 6.45) is 3.61. The van der Waals surface area contributed by atoms with Crippen LogP contribution in [0.4, 0.5) is 5.69 Å². The maximum Gasteiger partial charge on any atom is 0.239 e. The smallest absolute Gasteiger partial charge is 0.239 e. The molecule has 2 amide bonds. The highest BCUT2D eigenvalue weighted by Crippen LogP contribution is 2.29. The Morgan fingerprint density at radius 3 is 2.54 bits per heavy atom. The molecule has 3 atom stereocenters. The third-order valence-corrected chi connectivity index (χ3v) is 5.45. The van der Waals surface area contributed by atoms with Crippen LogP contribution in [0.2, 0.25) is 0 Å². The molecule has 2 rings (SSSR count). The molecule has 1 aromatic rings. The second-order valence-corrected chi connectivity index (χ2v) is 7.28. The molecular formula is C20H31N3O3. The molecular weight excluding hydrogens is 330 g/mol. The Hall–Kier alpha value is -2.24. The van der Waals surface area contributed by atoms with Gasteiger partial charge in [0.15, 0.2) is 0 Å². The number of rotatable bonds is 8. The molecule has 1 aliphatic carbocycles. The molecule has 0 radical (unpaired) electrons. The van der Waals surface area contributed by atoms with Gasteiger partial charge in [0.25, 0.3) is 0 Å². The molecule has 0 spiro atoms. The van der Waals surface area contributed by atoms with E-state index in [-0.39, 0.29) is 30.8 Å². The van der Waals surface area contributed by atoms with E-state index in [4.69, 9.17) is 10.5 Å². The first kappa shape index (κ1) is 20.1. The Morgan fingerprint density at radius 1 is 1.23 bits per heavy atom. The van der Waals surface area contributed by atoms with Crippen LogP contribution >= 0.6 is 0 Å². The molecule has 0 heterocycles. The second-order valence-electron chi connectivity index (χ2n) is 7.28. The molecule has 0 bridgehead atoms. The van der Waals surface area contributed by atoms with Crippen LogP contribution in [0.1, 0.15) is 39.5 Å². The van der Waals surface area contributed by atoms with Crippen molar-refractivity contribution < 1.29 is 14.3 Å². The molecule has 144 valence electrons. The number of nitrogens with one attached hydrogen (secondary N) is 1. The van der Waals surface area contributed by atoms with E-state index in [1.807, 2.05) is 29.2 Å². The Kier molecular flexibility index (Phi) is 7.30. The molecule has 0 aromatic heterocycles. The minimum Gasteiger partial charge on any atom is -0.497 e. The maximum absolute atomic E-state index is 12.6. The van der Waals surface area contributed by atoms with Crippen molar-refractivity contribution in [1.82, 2.24) is 5.32 Å². The lowest BCUT2D eigenvalue weighted by Crippen LogP contribution is -2.47. The fraction of sp³-hybridized carbons (Fsp3) is 0.600. The molecule has 1 aromatic carbocycles. The van der Waals surface area contributed by atoms with Gasteiger partial charge in [0.2, 0.25) is 11.8 Å². The number of methoxy groups -OCH3 is 1. The summed E-state index contributed by atoms with van der Waals surface area (Å²) in [5, 5.41) is 3.19. The zero-order valence-electron chi connectivity index (χ0n) is 16.0. The molecule has 1 aliphatic rings. The number of benzene rings is 1. The zero-order valence-corrected chi connectivity index (χ0v) is 16.0. The van der Waals surface area contributed by atoms with Gasteiger partial charge >= 0.3 is 0 Å². The minimum atomic E-state index is -0.376. The number of nitrogens with two attached hydrogens (primary N) is 1. The molecule has 6 heteroatoms. The van der Waals surface area contributed by atoms with E-state index in [1.54, 1.807) is 7.11 Å². The molecule has 26 heavy (non-hydrogen) atoms. The van der Waals surface area contributed by atoms with Gasteiger partial charge in [-0.25, -0.2) is 0 Å². The molecule has 3 N–H and O–H groups in total. The first-order chi connectivity index (χ1) is 12.4. The molecule has 0 unspecified atom stereocenters. The molecule has 6 nitrogen and oxygen atoms in total. The van der Waals surface area contributed by atoms with Gasteiger partial charge in [0.05, 0.1) is 13.7 Å². The van der Waals surface area contributed by atoms with Crippen LogP contribution in [0.15, 0.2) is 24.3 Å². The highest BCUT2D eigenvalue weighted by Gasteiger charge is 2.28. The summed E-state index contributed by atoms with van der Waals surface area (Å²) in [6.45, 7) is 5.07. The average Bonchev–Trinajstić information content (AvgIpc) is 2.62. The second kappa shape index (κ2) is 9.46. The third-order valence-electron chi connectivity index (χ3n) is 5.45. The van der Waals surface area contributed by atoms with Gasteiger partial charge in [-0.05, 0) is 42.5 Å². The number of primary amides is 1. The third kappa shape index (κ3) is 5.64. The van der Waals surface area contributed by atoms with Crippen LogP contribution in [0.3, 0.4) is 0 Å². The Morgan fingerprint density at radius 2 is 1.92 bits per heavy atom. The average molecular weight is 361 g/mol. The van der Waals surface area contributed by atoms with Gasteiger partial charge in [-0.2, -0.15) is 0 Å². The summed E-state index contributed by atoms with van der Waals surface area (Å²) < 4.78 is 5.18. The number of hydrogen-bond acceptors (Lipinski definition) is 4. The Bertz CT molecular complexity index is 603. The van der Waals surface area contributed by atoms with Crippen molar-refractivity contribution in [2.45, 2.75) is 45.6 Å². The van der Waals surface area contributed by atoms with E-state index in [0.717, 1.165) is 24.3 Å². The van der Waals surface area contributed by atoms with Gasteiger partial charge in [-0.15, -0.1) is 0 Å². The Balaban J connectivity index is 2.02.